The SMILES string of the molecule is C=C/C=C(/N)CC1CCC(=O)C1. The van der Waals surface area contributed by atoms with E-state index < -0.39 is 0 Å². The molecule has 2 nitrogen and oxygen atoms in total. The number of hydrogen-bond donors (Lipinski definition) is 1. The van der Waals surface area contributed by atoms with Gasteiger partial charge < -0.3 is 5.73 Å². The van der Waals surface area contributed by atoms with E-state index in [1.54, 1.807) is 6.08 Å². The standard InChI is InChI=1S/C10H15NO/c1-2-3-9(11)6-8-4-5-10(12)7-8/h2-3,8H,1,4-7,11H2/b9-3+. The monoisotopic (exact) mass is 165 g/mol. The number of hydrogen-bond acceptors (Lipinski definition) is 2. The molecule has 2 heteroatoms. The van der Waals surface area contributed by atoms with Gasteiger partial charge in [-0.3, -0.25) is 4.79 Å². The molecule has 0 spiro atoms. The zero-order chi connectivity index (χ0) is 8.97. The predicted molar refractivity (Wildman–Crippen MR) is 49.4 cm³/mol. The van der Waals surface area contributed by atoms with Crippen molar-refractivity contribution in [2.45, 2.75) is 25.7 Å². The van der Waals surface area contributed by atoms with Crippen LogP contribution in [0, 0.1) is 5.92 Å². The maximum Gasteiger partial charge on any atom is 0.133 e. The molecular weight excluding hydrogens is 150 g/mol. The van der Waals surface area contributed by atoms with Crippen LogP contribution in [-0.4, -0.2) is 5.78 Å². The Morgan fingerprint density at radius 1 is 1.75 bits per heavy atom. The smallest absolute Gasteiger partial charge is 0.133 e. The molecule has 1 fully saturated rings. The van der Waals surface area contributed by atoms with Gasteiger partial charge in [-0.2, -0.15) is 0 Å². The molecule has 0 aromatic rings. The highest BCUT2D eigenvalue weighted by Crippen LogP contribution is 2.26. The van der Waals surface area contributed by atoms with Gasteiger partial charge in [-0.1, -0.05) is 12.7 Å². The van der Waals surface area contributed by atoms with E-state index in [0.717, 1.165) is 25.0 Å². The second kappa shape index (κ2) is 4.10. The third kappa shape index (κ3) is 2.53. The maximum absolute atomic E-state index is 10.9. The highest BCUT2D eigenvalue weighted by atomic mass is 16.1. The number of nitrogens with two attached hydrogens (primary N) is 1. The van der Waals surface area contributed by atoms with Gasteiger partial charge in [0.25, 0.3) is 0 Å². The normalized spacial score (nSPS) is 24.5. The van der Waals surface area contributed by atoms with Gasteiger partial charge in [-0.25, -0.2) is 0 Å². The van der Waals surface area contributed by atoms with E-state index in [0.29, 0.717) is 18.1 Å². The van der Waals surface area contributed by atoms with E-state index in [2.05, 4.69) is 6.58 Å². The summed E-state index contributed by atoms with van der Waals surface area (Å²) >= 11 is 0. The topological polar surface area (TPSA) is 43.1 Å². The van der Waals surface area contributed by atoms with Crippen LogP contribution in [0.15, 0.2) is 24.4 Å². The van der Waals surface area contributed by atoms with Gasteiger partial charge in [0.1, 0.15) is 5.78 Å². The molecule has 1 saturated carbocycles. The number of carbonyl (C=O) groups excluding carboxylic acids is 1. The number of carbonyl (C=O) groups is 1. The summed E-state index contributed by atoms with van der Waals surface area (Å²) in [6.07, 6.45) is 6.80. The van der Waals surface area contributed by atoms with Crippen molar-refractivity contribution in [3.63, 3.8) is 0 Å². The van der Waals surface area contributed by atoms with E-state index in [-0.39, 0.29) is 0 Å². The first kappa shape index (κ1) is 9.04. The minimum absolute atomic E-state index is 0.381. The molecule has 1 aliphatic carbocycles. The molecule has 0 saturated heterocycles. The molecule has 0 radical (unpaired) electrons. The van der Waals surface area contributed by atoms with Crippen LogP contribution in [0.4, 0.5) is 0 Å². The average Bonchev–Trinajstić information content (AvgIpc) is 2.36. The summed E-state index contributed by atoms with van der Waals surface area (Å²) in [7, 11) is 0. The molecule has 0 bridgehead atoms. The van der Waals surface area contributed by atoms with Crippen LogP contribution in [0.2, 0.25) is 0 Å². The second-order valence-electron chi connectivity index (χ2n) is 3.33. The number of Topliss-reactive ketones (excluding diaryl/α,β-unsaturated/α-hetero) is 1. The fourth-order valence-corrected chi connectivity index (χ4v) is 1.62. The Hall–Kier alpha value is -1.05. The number of allylic oxidation sites excluding steroid dienone is 3. The van der Waals surface area contributed by atoms with Crippen molar-refractivity contribution in [2.75, 3.05) is 0 Å². The quantitative estimate of drug-likeness (QED) is 0.648. The Bertz CT molecular complexity index is 218. The van der Waals surface area contributed by atoms with Crippen molar-refractivity contribution in [3.8, 4) is 0 Å². The lowest BCUT2D eigenvalue weighted by molar-refractivity contribution is -0.117. The van der Waals surface area contributed by atoms with Gasteiger partial charge in [0.05, 0.1) is 0 Å². The largest absolute Gasteiger partial charge is 0.402 e. The Morgan fingerprint density at radius 2 is 2.50 bits per heavy atom. The van der Waals surface area contributed by atoms with Crippen LogP contribution in [0.5, 0.6) is 0 Å². The van der Waals surface area contributed by atoms with Crippen molar-refractivity contribution < 1.29 is 4.79 Å². The minimum atomic E-state index is 0.381. The Balaban J connectivity index is 2.37. The molecule has 0 aliphatic heterocycles. The summed E-state index contributed by atoms with van der Waals surface area (Å²) in [6, 6.07) is 0. The molecule has 1 unspecified atom stereocenters. The Kier molecular flexibility index (Phi) is 3.09. The molecular formula is C10H15NO. The van der Waals surface area contributed by atoms with E-state index >= 15 is 0 Å². The molecule has 1 aliphatic rings. The highest BCUT2D eigenvalue weighted by molar-refractivity contribution is 5.80. The minimum Gasteiger partial charge on any atom is -0.402 e. The molecule has 1 atom stereocenters. The van der Waals surface area contributed by atoms with Crippen LogP contribution in [0.25, 0.3) is 0 Å². The summed E-state index contributed by atoms with van der Waals surface area (Å²) in [5, 5.41) is 0. The maximum atomic E-state index is 10.9. The lowest BCUT2D eigenvalue weighted by Crippen LogP contribution is -2.04. The van der Waals surface area contributed by atoms with E-state index in [1.165, 1.54) is 0 Å². The fraction of sp³-hybridized carbons (Fsp3) is 0.500. The summed E-state index contributed by atoms with van der Waals surface area (Å²) < 4.78 is 0. The van der Waals surface area contributed by atoms with Crippen LogP contribution >= 0.6 is 0 Å². The van der Waals surface area contributed by atoms with Crippen LogP contribution < -0.4 is 5.73 Å². The lowest BCUT2D eigenvalue weighted by Gasteiger charge is -2.06. The van der Waals surface area contributed by atoms with Crippen molar-refractivity contribution >= 4 is 5.78 Å². The van der Waals surface area contributed by atoms with E-state index in [9.17, 15) is 4.79 Å². The predicted octanol–water partition coefficient (Wildman–Crippen LogP) is 1.77. The molecule has 0 amide bonds. The van der Waals surface area contributed by atoms with E-state index in [4.69, 9.17) is 5.73 Å². The molecule has 0 aromatic carbocycles. The summed E-state index contributed by atoms with van der Waals surface area (Å²) in [5.74, 6) is 0.861. The van der Waals surface area contributed by atoms with Gasteiger partial charge in [-0.15, -0.1) is 0 Å². The third-order valence-corrected chi connectivity index (χ3v) is 2.20. The lowest BCUT2D eigenvalue weighted by atomic mass is 10.0. The van der Waals surface area contributed by atoms with Crippen molar-refractivity contribution in [1.82, 2.24) is 0 Å². The first-order valence-electron chi connectivity index (χ1n) is 4.31. The zero-order valence-electron chi connectivity index (χ0n) is 7.25. The molecule has 0 heterocycles. The third-order valence-electron chi connectivity index (χ3n) is 2.20. The van der Waals surface area contributed by atoms with Gasteiger partial charge in [0.2, 0.25) is 0 Å². The van der Waals surface area contributed by atoms with Gasteiger partial charge in [-0.05, 0) is 24.8 Å². The van der Waals surface area contributed by atoms with Crippen LogP contribution in [0.3, 0.4) is 0 Å². The fourth-order valence-electron chi connectivity index (χ4n) is 1.62. The van der Waals surface area contributed by atoms with Gasteiger partial charge in [0, 0.05) is 18.5 Å². The highest BCUT2D eigenvalue weighted by Gasteiger charge is 2.21. The molecule has 0 aromatic heterocycles. The zero-order valence-corrected chi connectivity index (χ0v) is 7.25. The van der Waals surface area contributed by atoms with Crippen LogP contribution in [-0.2, 0) is 4.79 Å². The molecule has 1 rings (SSSR count). The van der Waals surface area contributed by atoms with Crippen molar-refractivity contribution in [2.24, 2.45) is 11.7 Å². The molecule has 2 N–H and O–H groups in total. The van der Waals surface area contributed by atoms with E-state index in [1.807, 2.05) is 6.08 Å². The first-order valence-corrected chi connectivity index (χ1v) is 4.31. The Morgan fingerprint density at radius 3 is 3.00 bits per heavy atom. The number of ketones is 1. The summed E-state index contributed by atoms with van der Waals surface area (Å²) in [5.41, 5.74) is 6.53. The average molecular weight is 165 g/mol. The van der Waals surface area contributed by atoms with Crippen molar-refractivity contribution in [1.29, 1.82) is 0 Å². The Labute approximate surface area is 73.1 Å². The number of rotatable bonds is 3. The second-order valence-corrected chi connectivity index (χ2v) is 3.33. The summed E-state index contributed by atoms with van der Waals surface area (Å²) in [4.78, 5) is 10.9. The molecule has 12 heavy (non-hydrogen) atoms. The summed E-state index contributed by atoms with van der Waals surface area (Å²) in [6.45, 7) is 3.57. The van der Waals surface area contributed by atoms with Gasteiger partial charge in [0.15, 0.2) is 0 Å². The van der Waals surface area contributed by atoms with Crippen molar-refractivity contribution in [3.05, 3.63) is 24.4 Å². The van der Waals surface area contributed by atoms with Gasteiger partial charge >= 0.3 is 0 Å². The van der Waals surface area contributed by atoms with Crippen LogP contribution in [0.1, 0.15) is 25.7 Å². The first-order chi connectivity index (χ1) is 5.72. The molecule has 66 valence electrons.